The molecule has 160 valence electrons. The second-order valence-corrected chi connectivity index (χ2v) is 8.64. The Kier molecular flexibility index (Phi) is 6.22. The van der Waals surface area contributed by atoms with Gasteiger partial charge in [-0.05, 0) is 36.8 Å². The van der Waals surface area contributed by atoms with E-state index in [1.54, 1.807) is 0 Å². The quantitative estimate of drug-likeness (QED) is 0.550. The molecule has 7 nitrogen and oxygen atoms in total. The molecule has 0 fully saturated rings. The molecule has 1 unspecified atom stereocenters. The molecule has 0 spiro atoms. The van der Waals surface area contributed by atoms with Crippen LogP contribution in [0, 0.1) is 12.7 Å². The van der Waals surface area contributed by atoms with Crippen LogP contribution in [0.4, 0.5) is 19.0 Å². The number of nitrogens with one attached hydrogen (secondary N) is 2. The van der Waals surface area contributed by atoms with Gasteiger partial charge in [0.25, 0.3) is 0 Å². The first-order valence-electron chi connectivity index (χ1n) is 8.44. The van der Waals surface area contributed by atoms with Gasteiger partial charge in [0.1, 0.15) is 17.7 Å². The van der Waals surface area contributed by atoms with E-state index in [9.17, 15) is 21.6 Å². The fourth-order valence-corrected chi connectivity index (χ4v) is 3.85. The van der Waals surface area contributed by atoms with Gasteiger partial charge >= 0.3 is 6.61 Å². The number of halogens is 4. The maximum atomic E-state index is 13.7. The number of H-pyrrole nitrogens is 1. The van der Waals surface area contributed by atoms with Gasteiger partial charge in [-0.1, -0.05) is 17.7 Å². The Morgan fingerprint density at radius 1 is 1.27 bits per heavy atom. The number of anilines is 1. The normalized spacial score (nSPS) is 12.8. The van der Waals surface area contributed by atoms with Crippen molar-refractivity contribution in [1.82, 2.24) is 15.0 Å². The van der Waals surface area contributed by atoms with E-state index in [4.69, 9.17) is 11.6 Å². The largest absolute Gasteiger partial charge is 0.431 e. The van der Waals surface area contributed by atoms with E-state index in [0.29, 0.717) is 5.56 Å². The van der Waals surface area contributed by atoms with Crippen molar-refractivity contribution in [3.05, 3.63) is 64.5 Å². The zero-order chi connectivity index (χ0) is 22.1. The van der Waals surface area contributed by atoms with Crippen LogP contribution in [0.25, 0.3) is 0 Å². The van der Waals surface area contributed by atoms with Crippen molar-refractivity contribution in [3.63, 3.8) is 0 Å². The van der Waals surface area contributed by atoms with Crippen LogP contribution in [-0.2, 0) is 9.84 Å². The Bertz CT molecular complexity index is 1170. The van der Waals surface area contributed by atoms with Crippen molar-refractivity contribution in [2.24, 2.45) is 0 Å². The zero-order valence-electron chi connectivity index (χ0n) is 15.7. The van der Waals surface area contributed by atoms with Crippen LogP contribution in [0.15, 0.2) is 41.6 Å². The number of hydrogen-bond acceptors (Lipinski definition) is 6. The molecular formula is C18H16ClF3N4O3S. The number of ether oxygens (including phenoxy) is 1. The lowest BCUT2D eigenvalue weighted by Crippen LogP contribution is -2.17. The number of rotatable bonds is 7. The van der Waals surface area contributed by atoms with Gasteiger partial charge in [-0.25, -0.2) is 22.8 Å². The van der Waals surface area contributed by atoms with Crippen LogP contribution in [0.5, 0.6) is 5.75 Å². The lowest BCUT2D eigenvalue weighted by Gasteiger charge is -2.20. The summed E-state index contributed by atoms with van der Waals surface area (Å²) >= 11 is 5.89. The summed E-state index contributed by atoms with van der Waals surface area (Å²) in [6, 6.07) is 5.58. The first-order valence-corrected chi connectivity index (χ1v) is 10.7. The molecule has 2 heterocycles. The first kappa shape index (κ1) is 21.9. The molecule has 0 aliphatic carbocycles. The summed E-state index contributed by atoms with van der Waals surface area (Å²) in [6.45, 7) is -1.57. The Morgan fingerprint density at radius 2 is 2.00 bits per heavy atom. The Hall–Kier alpha value is -2.79. The first-order chi connectivity index (χ1) is 14.1. The summed E-state index contributed by atoms with van der Waals surface area (Å²) in [5.41, 5.74) is 0.654. The highest BCUT2D eigenvalue weighted by molar-refractivity contribution is 7.90. The molecule has 3 rings (SSSR count). The van der Waals surface area contributed by atoms with E-state index in [1.807, 2.05) is 0 Å². The highest BCUT2D eigenvalue weighted by atomic mass is 35.5. The highest BCUT2D eigenvalue weighted by Crippen LogP contribution is 2.32. The van der Waals surface area contributed by atoms with Crippen molar-refractivity contribution < 1.29 is 26.3 Å². The van der Waals surface area contributed by atoms with Gasteiger partial charge in [-0.2, -0.15) is 8.78 Å². The lowest BCUT2D eigenvalue weighted by molar-refractivity contribution is -0.0495. The number of sulfone groups is 1. The lowest BCUT2D eigenvalue weighted by atomic mass is 10.1. The van der Waals surface area contributed by atoms with Gasteiger partial charge in [0.15, 0.2) is 26.4 Å². The second kappa shape index (κ2) is 8.52. The molecule has 0 saturated heterocycles. The molecule has 0 amide bonds. The number of nitrogens with zero attached hydrogens (tertiary/aromatic N) is 2. The van der Waals surface area contributed by atoms with E-state index in [2.05, 4.69) is 25.0 Å². The molecule has 3 aromatic rings. The van der Waals surface area contributed by atoms with Crippen LogP contribution in [0.1, 0.15) is 23.1 Å². The van der Waals surface area contributed by atoms with Crippen molar-refractivity contribution in [2.75, 3.05) is 11.6 Å². The number of pyridine rings is 1. The fraction of sp³-hybridized carbons (Fsp3) is 0.222. The summed E-state index contributed by atoms with van der Waals surface area (Å²) < 4.78 is 67.6. The predicted molar refractivity (Wildman–Crippen MR) is 104 cm³/mol. The summed E-state index contributed by atoms with van der Waals surface area (Å²) in [6.07, 6.45) is 2.36. The summed E-state index contributed by atoms with van der Waals surface area (Å²) in [4.78, 5) is 11.0. The monoisotopic (exact) mass is 460 g/mol. The van der Waals surface area contributed by atoms with E-state index >= 15 is 0 Å². The number of hydrogen-bond donors (Lipinski definition) is 2. The van der Waals surface area contributed by atoms with Crippen LogP contribution in [0.3, 0.4) is 0 Å². The number of alkyl halides is 2. The highest BCUT2D eigenvalue weighted by Gasteiger charge is 2.25. The Morgan fingerprint density at radius 3 is 2.60 bits per heavy atom. The van der Waals surface area contributed by atoms with Crippen molar-refractivity contribution in [2.45, 2.75) is 24.6 Å². The maximum Gasteiger partial charge on any atom is 0.387 e. The third-order valence-corrected chi connectivity index (χ3v) is 5.42. The van der Waals surface area contributed by atoms with Gasteiger partial charge < -0.3 is 15.0 Å². The van der Waals surface area contributed by atoms with Gasteiger partial charge in [-0.3, -0.25) is 0 Å². The van der Waals surface area contributed by atoms with Crippen molar-refractivity contribution in [1.29, 1.82) is 0 Å². The molecule has 1 atom stereocenters. The molecule has 12 heteroatoms. The average Bonchev–Trinajstić information content (AvgIpc) is 3.05. The van der Waals surface area contributed by atoms with Gasteiger partial charge in [0.05, 0.1) is 10.7 Å². The number of benzene rings is 1. The Balaban J connectivity index is 2.11. The summed E-state index contributed by atoms with van der Waals surface area (Å²) in [7, 11) is -3.64. The molecule has 1 aromatic carbocycles. The predicted octanol–water partition coefficient (Wildman–Crippen LogP) is 4.11. The molecule has 2 N–H and O–H groups in total. The van der Waals surface area contributed by atoms with Gasteiger partial charge in [0.2, 0.25) is 0 Å². The fourth-order valence-electron chi connectivity index (χ4n) is 2.79. The molecule has 0 saturated carbocycles. The van der Waals surface area contributed by atoms with Crippen LogP contribution in [0.2, 0.25) is 5.02 Å². The summed E-state index contributed by atoms with van der Waals surface area (Å²) in [5.74, 6) is -0.828. The minimum Gasteiger partial charge on any atom is -0.431 e. The van der Waals surface area contributed by atoms with E-state index in [-0.39, 0.29) is 33.1 Å². The van der Waals surface area contributed by atoms with Crippen molar-refractivity contribution >= 4 is 27.3 Å². The topological polar surface area (TPSA) is 97.0 Å². The second-order valence-electron chi connectivity index (χ2n) is 6.30. The third kappa shape index (κ3) is 4.85. The number of imidazole rings is 1. The maximum absolute atomic E-state index is 13.7. The van der Waals surface area contributed by atoms with E-state index < -0.39 is 28.3 Å². The molecule has 0 radical (unpaired) electrons. The molecule has 0 bridgehead atoms. The molecule has 2 aromatic heterocycles. The standard InChI is InChI=1S/C18H16ClF3N4O3S/c1-9-17(30(2,27)28)26-16(24-9)14(10-5-6-12(20)11(19)8-10)25-15-13(29-18(21)22)4-3-7-23-15/h3-8,14,18H,1-2H3,(H,23,25)(H,24,26). The third-order valence-electron chi connectivity index (χ3n) is 4.03. The minimum absolute atomic E-state index is 0.0572. The summed E-state index contributed by atoms with van der Waals surface area (Å²) in [5, 5.41) is 2.52. The van der Waals surface area contributed by atoms with Crippen LogP contribution >= 0.6 is 11.6 Å². The molecule has 30 heavy (non-hydrogen) atoms. The molecule has 0 aliphatic heterocycles. The smallest absolute Gasteiger partial charge is 0.387 e. The Labute approximate surface area is 175 Å². The van der Waals surface area contributed by atoms with E-state index in [1.165, 1.54) is 37.4 Å². The molecule has 0 aliphatic rings. The SMILES string of the molecule is Cc1[nH]c(C(Nc2ncccc2OC(F)F)c2ccc(F)c(Cl)c2)nc1S(C)(=O)=O. The van der Waals surface area contributed by atoms with E-state index in [0.717, 1.165) is 12.3 Å². The van der Waals surface area contributed by atoms with Crippen molar-refractivity contribution in [3.8, 4) is 5.75 Å². The van der Waals surface area contributed by atoms with Gasteiger partial charge in [0, 0.05) is 12.5 Å². The number of aryl methyl sites for hydroxylation is 1. The molecular weight excluding hydrogens is 445 g/mol. The van der Waals surface area contributed by atoms with Gasteiger partial charge in [-0.15, -0.1) is 0 Å². The number of aromatic nitrogens is 3. The number of aromatic amines is 1. The minimum atomic E-state index is -3.64. The van der Waals surface area contributed by atoms with Crippen LogP contribution in [-0.4, -0.2) is 36.2 Å². The van der Waals surface area contributed by atoms with Crippen LogP contribution < -0.4 is 10.1 Å². The average molecular weight is 461 g/mol. The zero-order valence-corrected chi connectivity index (χ0v) is 17.2.